The van der Waals surface area contributed by atoms with Crippen molar-refractivity contribution >= 4 is 11.8 Å². The summed E-state index contributed by atoms with van der Waals surface area (Å²) in [6.07, 6.45) is 0.926. The molecule has 2 fully saturated rings. The summed E-state index contributed by atoms with van der Waals surface area (Å²) in [5, 5.41) is 4.39. The Morgan fingerprint density at radius 2 is 2.03 bits per heavy atom. The number of rotatable bonds is 4. The third-order valence-electron chi connectivity index (χ3n) is 6.03. The number of carbonyl (C=O) groups excluding carboxylic acids is 2. The highest BCUT2D eigenvalue weighted by Gasteiger charge is 2.47. The van der Waals surface area contributed by atoms with Crippen LogP contribution in [0.4, 0.5) is 4.39 Å². The lowest BCUT2D eigenvalue weighted by molar-refractivity contribution is -0.138. The van der Waals surface area contributed by atoms with Crippen LogP contribution in [-0.2, 0) is 27.4 Å². The van der Waals surface area contributed by atoms with Crippen LogP contribution in [0.1, 0.15) is 29.8 Å². The number of benzene rings is 1. The molecule has 3 heterocycles. The predicted molar refractivity (Wildman–Crippen MR) is 108 cm³/mol. The van der Waals surface area contributed by atoms with Crippen molar-refractivity contribution in [2.24, 2.45) is 0 Å². The van der Waals surface area contributed by atoms with Gasteiger partial charge >= 0.3 is 0 Å². The Balaban J connectivity index is 1.56. The smallest absolute Gasteiger partial charge is 0.244 e. The van der Waals surface area contributed by atoms with Gasteiger partial charge < -0.3 is 14.5 Å². The van der Waals surface area contributed by atoms with Crippen LogP contribution in [-0.4, -0.2) is 63.2 Å². The van der Waals surface area contributed by atoms with Gasteiger partial charge in [0.05, 0.1) is 17.8 Å². The molecule has 4 rings (SSSR count). The Labute approximate surface area is 175 Å². The van der Waals surface area contributed by atoms with Gasteiger partial charge in [-0.3, -0.25) is 14.3 Å². The van der Waals surface area contributed by atoms with E-state index >= 15 is 0 Å². The van der Waals surface area contributed by atoms with Crippen molar-refractivity contribution in [1.82, 2.24) is 19.6 Å². The second kappa shape index (κ2) is 8.18. The summed E-state index contributed by atoms with van der Waals surface area (Å²) >= 11 is 0. The van der Waals surface area contributed by atoms with E-state index in [0.717, 1.165) is 17.0 Å². The third-order valence-corrected chi connectivity index (χ3v) is 6.03. The Morgan fingerprint density at radius 1 is 1.27 bits per heavy atom. The van der Waals surface area contributed by atoms with Gasteiger partial charge in [0.2, 0.25) is 11.8 Å². The van der Waals surface area contributed by atoms with Gasteiger partial charge in [0.1, 0.15) is 12.4 Å². The molecule has 1 atom stereocenters. The Kier molecular flexibility index (Phi) is 5.60. The minimum atomic E-state index is -0.563. The molecule has 2 aliphatic rings. The molecule has 2 aliphatic heterocycles. The average molecular weight is 414 g/mol. The number of aromatic nitrogens is 2. The monoisotopic (exact) mass is 414 g/mol. The second-order valence-corrected chi connectivity index (χ2v) is 8.28. The summed E-state index contributed by atoms with van der Waals surface area (Å²) < 4.78 is 20.7. The molecule has 1 unspecified atom stereocenters. The van der Waals surface area contributed by atoms with Gasteiger partial charge in [-0.25, -0.2) is 4.39 Å². The Hall–Kier alpha value is -2.74. The summed E-state index contributed by atoms with van der Waals surface area (Å²) in [4.78, 5) is 29.8. The summed E-state index contributed by atoms with van der Waals surface area (Å²) in [7, 11) is 0. The molecule has 0 radical (unpaired) electrons. The Bertz CT molecular complexity index is 934. The highest BCUT2D eigenvalue weighted by molar-refractivity contribution is 5.81. The van der Waals surface area contributed by atoms with Crippen molar-refractivity contribution in [3.05, 3.63) is 53.1 Å². The van der Waals surface area contributed by atoms with Gasteiger partial charge in [-0.05, 0) is 44.0 Å². The van der Waals surface area contributed by atoms with Crippen molar-refractivity contribution in [2.75, 3.05) is 26.3 Å². The topological polar surface area (TPSA) is 67.7 Å². The first-order valence-electron chi connectivity index (χ1n) is 10.3. The van der Waals surface area contributed by atoms with Gasteiger partial charge in [-0.2, -0.15) is 5.10 Å². The van der Waals surface area contributed by atoms with Crippen LogP contribution in [0.15, 0.2) is 30.3 Å². The number of ether oxygens (including phenoxy) is 1. The SMILES string of the molecule is Cc1cc(C)n(CC(=O)N2CCC(=O)N(Cc3ccc(F)cc3)C3(CCOC3)C2)n1. The van der Waals surface area contributed by atoms with Crippen molar-refractivity contribution < 1.29 is 18.7 Å². The van der Waals surface area contributed by atoms with Crippen LogP contribution in [0, 0.1) is 19.7 Å². The molecule has 160 valence electrons. The van der Waals surface area contributed by atoms with Crippen molar-refractivity contribution in [2.45, 2.75) is 45.3 Å². The number of amides is 2. The molecular weight excluding hydrogens is 387 g/mol. The molecule has 8 heteroatoms. The molecule has 1 aromatic carbocycles. The molecule has 2 saturated heterocycles. The quantitative estimate of drug-likeness (QED) is 0.768. The van der Waals surface area contributed by atoms with E-state index in [-0.39, 0.29) is 30.6 Å². The number of aryl methyl sites for hydroxylation is 2. The van der Waals surface area contributed by atoms with Gasteiger partial charge in [-0.1, -0.05) is 12.1 Å². The van der Waals surface area contributed by atoms with Crippen LogP contribution >= 0.6 is 0 Å². The summed E-state index contributed by atoms with van der Waals surface area (Å²) in [6.45, 7) is 6.10. The molecule has 2 aromatic rings. The summed E-state index contributed by atoms with van der Waals surface area (Å²) in [6, 6.07) is 8.14. The Morgan fingerprint density at radius 3 is 2.67 bits per heavy atom. The van der Waals surface area contributed by atoms with E-state index in [9.17, 15) is 14.0 Å². The van der Waals surface area contributed by atoms with Crippen LogP contribution in [0.2, 0.25) is 0 Å². The predicted octanol–water partition coefficient (Wildman–Crippen LogP) is 2.06. The highest BCUT2D eigenvalue weighted by Crippen LogP contribution is 2.32. The fourth-order valence-corrected chi connectivity index (χ4v) is 4.39. The maximum Gasteiger partial charge on any atom is 0.244 e. The summed E-state index contributed by atoms with van der Waals surface area (Å²) in [5.74, 6) is -0.365. The van der Waals surface area contributed by atoms with E-state index in [1.165, 1.54) is 12.1 Å². The first-order chi connectivity index (χ1) is 14.4. The molecule has 7 nitrogen and oxygen atoms in total. The number of halogens is 1. The molecule has 1 spiro atoms. The van der Waals surface area contributed by atoms with Crippen LogP contribution in [0.25, 0.3) is 0 Å². The summed E-state index contributed by atoms with van der Waals surface area (Å²) in [5.41, 5.74) is 2.10. The maximum atomic E-state index is 13.3. The molecule has 30 heavy (non-hydrogen) atoms. The van der Waals surface area contributed by atoms with E-state index in [1.807, 2.05) is 24.8 Å². The first kappa shape index (κ1) is 20.5. The van der Waals surface area contributed by atoms with E-state index in [2.05, 4.69) is 5.10 Å². The zero-order valence-electron chi connectivity index (χ0n) is 17.4. The van der Waals surface area contributed by atoms with Crippen molar-refractivity contribution in [3.63, 3.8) is 0 Å². The van der Waals surface area contributed by atoms with Gasteiger partial charge in [0.15, 0.2) is 0 Å². The zero-order valence-corrected chi connectivity index (χ0v) is 17.4. The highest BCUT2D eigenvalue weighted by atomic mass is 19.1. The molecule has 0 N–H and O–H groups in total. The van der Waals surface area contributed by atoms with E-state index in [1.54, 1.807) is 21.7 Å². The lowest BCUT2D eigenvalue weighted by Gasteiger charge is -2.40. The number of carbonyl (C=O) groups is 2. The largest absolute Gasteiger partial charge is 0.379 e. The fraction of sp³-hybridized carbons (Fsp3) is 0.500. The standard InChI is InChI=1S/C22H27FN4O3/c1-16-11-17(2)27(24-16)13-21(29)25-9-7-20(28)26(22(14-25)8-10-30-15-22)12-18-3-5-19(23)6-4-18/h3-6,11H,7-10,12-15H2,1-2H3. The van der Waals surface area contributed by atoms with E-state index < -0.39 is 5.54 Å². The molecule has 1 aromatic heterocycles. The van der Waals surface area contributed by atoms with Crippen LogP contribution in [0.3, 0.4) is 0 Å². The van der Waals surface area contributed by atoms with Gasteiger partial charge in [0, 0.05) is 38.4 Å². The maximum absolute atomic E-state index is 13.3. The normalized spacial score (nSPS) is 22.0. The molecule has 0 saturated carbocycles. The number of hydrogen-bond donors (Lipinski definition) is 0. The molecule has 2 amide bonds. The van der Waals surface area contributed by atoms with Gasteiger partial charge in [-0.15, -0.1) is 0 Å². The van der Waals surface area contributed by atoms with Crippen molar-refractivity contribution in [3.8, 4) is 0 Å². The van der Waals surface area contributed by atoms with Crippen LogP contribution < -0.4 is 0 Å². The molecular formula is C22H27FN4O3. The first-order valence-corrected chi connectivity index (χ1v) is 10.3. The third kappa shape index (κ3) is 4.09. The minimum Gasteiger partial charge on any atom is -0.379 e. The minimum absolute atomic E-state index is 0.00811. The van der Waals surface area contributed by atoms with E-state index in [0.29, 0.717) is 39.3 Å². The van der Waals surface area contributed by atoms with E-state index in [4.69, 9.17) is 4.74 Å². The van der Waals surface area contributed by atoms with Crippen molar-refractivity contribution in [1.29, 1.82) is 0 Å². The van der Waals surface area contributed by atoms with Gasteiger partial charge in [0.25, 0.3) is 0 Å². The zero-order chi connectivity index (χ0) is 21.3. The van der Waals surface area contributed by atoms with Crippen LogP contribution in [0.5, 0.6) is 0 Å². The average Bonchev–Trinajstić information content (AvgIpc) is 3.27. The second-order valence-electron chi connectivity index (χ2n) is 8.28. The fourth-order valence-electron chi connectivity index (χ4n) is 4.39. The number of hydrogen-bond acceptors (Lipinski definition) is 4. The lowest BCUT2D eigenvalue weighted by atomic mass is 9.94. The molecule has 0 bridgehead atoms. The number of nitrogens with zero attached hydrogens (tertiary/aromatic N) is 4. The lowest BCUT2D eigenvalue weighted by Crippen LogP contribution is -2.56. The molecule has 0 aliphatic carbocycles.